The van der Waals surface area contributed by atoms with Crippen LogP contribution in [0.15, 0.2) is 12.4 Å². The Labute approximate surface area is 128 Å². The summed E-state index contributed by atoms with van der Waals surface area (Å²) in [4.78, 5) is 2.67. The van der Waals surface area contributed by atoms with E-state index in [1.807, 2.05) is 6.20 Å². The van der Waals surface area contributed by atoms with E-state index in [1.54, 1.807) is 0 Å². The number of likely N-dealkylation sites (tertiary alicyclic amines) is 1. The van der Waals surface area contributed by atoms with E-state index in [2.05, 4.69) is 33.1 Å². The van der Waals surface area contributed by atoms with Crippen LogP contribution in [0.4, 0.5) is 0 Å². The van der Waals surface area contributed by atoms with Crippen LogP contribution in [-0.4, -0.2) is 47.4 Å². The number of piperidine rings is 2. The second-order valence-corrected chi connectivity index (χ2v) is 6.25. The fourth-order valence-electron chi connectivity index (χ4n) is 3.48. The molecule has 1 aromatic heterocycles. The van der Waals surface area contributed by atoms with Crippen LogP contribution in [0.2, 0.25) is 0 Å². The van der Waals surface area contributed by atoms with Gasteiger partial charge in [0, 0.05) is 19.3 Å². The van der Waals surface area contributed by atoms with Crippen LogP contribution in [-0.2, 0) is 0 Å². The molecule has 1 aromatic rings. The Hall–Kier alpha value is -0.580. The SMILES string of the molecule is Cc1cnn(C2CCCN(CC3CCNCC3)C2)c1.Cl. The van der Waals surface area contributed by atoms with Gasteiger partial charge in [0.15, 0.2) is 0 Å². The molecule has 0 aliphatic carbocycles. The molecule has 3 heterocycles. The summed E-state index contributed by atoms with van der Waals surface area (Å²) in [6.07, 6.45) is 9.47. The van der Waals surface area contributed by atoms with E-state index in [4.69, 9.17) is 0 Å². The zero-order valence-corrected chi connectivity index (χ0v) is 13.2. The first-order chi connectivity index (χ1) is 9.31. The maximum atomic E-state index is 4.50. The van der Waals surface area contributed by atoms with Crippen LogP contribution in [0.3, 0.4) is 0 Å². The van der Waals surface area contributed by atoms with E-state index in [0.29, 0.717) is 6.04 Å². The van der Waals surface area contributed by atoms with Gasteiger partial charge in [-0.3, -0.25) is 4.68 Å². The molecule has 2 fully saturated rings. The molecule has 0 amide bonds. The molecule has 5 heteroatoms. The van der Waals surface area contributed by atoms with Crippen molar-refractivity contribution in [3.63, 3.8) is 0 Å². The number of nitrogens with zero attached hydrogens (tertiary/aromatic N) is 3. The molecule has 114 valence electrons. The summed E-state index contributed by atoms with van der Waals surface area (Å²) >= 11 is 0. The molecular weight excluding hydrogens is 272 g/mol. The molecule has 1 N–H and O–H groups in total. The minimum Gasteiger partial charge on any atom is -0.317 e. The standard InChI is InChI=1S/C15H26N4.ClH/c1-13-9-17-19(10-13)15-3-2-8-18(12-15)11-14-4-6-16-7-5-14;/h9-10,14-16H,2-8,11-12H2,1H3;1H. The molecular formula is C15H27ClN4. The van der Waals surface area contributed by atoms with Crippen molar-refractivity contribution >= 4 is 12.4 Å². The first-order valence-electron chi connectivity index (χ1n) is 7.75. The number of aryl methyl sites for hydroxylation is 1. The van der Waals surface area contributed by atoms with E-state index in [-0.39, 0.29) is 12.4 Å². The highest BCUT2D eigenvalue weighted by Gasteiger charge is 2.24. The molecule has 2 saturated heterocycles. The third-order valence-electron chi connectivity index (χ3n) is 4.56. The fraction of sp³-hybridized carbons (Fsp3) is 0.800. The summed E-state index contributed by atoms with van der Waals surface area (Å²) in [6, 6.07) is 0.587. The predicted octanol–water partition coefficient (Wildman–Crippen LogP) is 2.25. The molecule has 0 aromatic carbocycles. The zero-order chi connectivity index (χ0) is 13.1. The number of aromatic nitrogens is 2. The Bertz CT molecular complexity index is 400. The molecule has 0 radical (unpaired) electrons. The molecule has 2 aliphatic rings. The number of hydrogen-bond donors (Lipinski definition) is 1. The van der Waals surface area contributed by atoms with Crippen LogP contribution in [0.1, 0.15) is 37.3 Å². The molecule has 2 aliphatic heterocycles. The van der Waals surface area contributed by atoms with Gasteiger partial charge in [-0.25, -0.2) is 0 Å². The van der Waals surface area contributed by atoms with Gasteiger partial charge < -0.3 is 10.2 Å². The third kappa shape index (κ3) is 3.96. The van der Waals surface area contributed by atoms with Gasteiger partial charge in [-0.15, -0.1) is 12.4 Å². The Morgan fingerprint density at radius 1 is 1.30 bits per heavy atom. The minimum atomic E-state index is 0. The van der Waals surface area contributed by atoms with E-state index < -0.39 is 0 Å². The highest BCUT2D eigenvalue weighted by Crippen LogP contribution is 2.23. The highest BCUT2D eigenvalue weighted by atomic mass is 35.5. The average Bonchev–Trinajstić information content (AvgIpc) is 2.87. The second-order valence-electron chi connectivity index (χ2n) is 6.25. The van der Waals surface area contributed by atoms with Crippen LogP contribution < -0.4 is 5.32 Å². The van der Waals surface area contributed by atoms with Crippen molar-refractivity contribution in [1.29, 1.82) is 0 Å². The Morgan fingerprint density at radius 2 is 2.10 bits per heavy atom. The normalized spacial score (nSPS) is 25.4. The molecule has 0 spiro atoms. The van der Waals surface area contributed by atoms with Crippen molar-refractivity contribution in [3.05, 3.63) is 18.0 Å². The lowest BCUT2D eigenvalue weighted by molar-refractivity contribution is 0.137. The maximum Gasteiger partial charge on any atom is 0.0646 e. The smallest absolute Gasteiger partial charge is 0.0646 e. The first-order valence-corrected chi connectivity index (χ1v) is 7.75. The largest absolute Gasteiger partial charge is 0.317 e. The molecule has 1 unspecified atom stereocenters. The molecule has 20 heavy (non-hydrogen) atoms. The lowest BCUT2D eigenvalue weighted by Crippen LogP contribution is -2.41. The monoisotopic (exact) mass is 298 g/mol. The van der Waals surface area contributed by atoms with Crippen molar-refractivity contribution in [2.24, 2.45) is 5.92 Å². The highest BCUT2D eigenvalue weighted by molar-refractivity contribution is 5.85. The van der Waals surface area contributed by atoms with Gasteiger partial charge in [-0.05, 0) is 63.7 Å². The van der Waals surface area contributed by atoms with E-state index in [1.165, 1.54) is 64.0 Å². The van der Waals surface area contributed by atoms with Gasteiger partial charge in [0.1, 0.15) is 0 Å². The summed E-state index contributed by atoms with van der Waals surface area (Å²) in [5.74, 6) is 0.902. The lowest BCUT2D eigenvalue weighted by Gasteiger charge is -2.36. The summed E-state index contributed by atoms with van der Waals surface area (Å²) in [7, 11) is 0. The van der Waals surface area contributed by atoms with E-state index >= 15 is 0 Å². The summed E-state index contributed by atoms with van der Waals surface area (Å²) in [6.45, 7) is 8.30. The zero-order valence-electron chi connectivity index (χ0n) is 12.4. The lowest BCUT2D eigenvalue weighted by atomic mass is 9.96. The van der Waals surface area contributed by atoms with Crippen LogP contribution in [0.5, 0.6) is 0 Å². The van der Waals surface area contributed by atoms with Crippen molar-refractivity contribution in [2.45, 2.75) is 38.6 Å². The van der Waals surface area contributed by atoms with Crippen LogP contribution in [0, 0.1) is 12.8 Å². The molecule has 0 bridgehead atoms. The first kappa shape index (κ1) is 15.8. The Balaban J connectivity index is 0.00000147. The third-order valence-corrected chi connectivity index (χ3v) is 4.56. The summed E-state index contributed by atoms with van der Waals surface area (Å²) < 4.78 is 2.18. The van der Waals surface area contributed by atoms with Crippen LogP contribution >= 0.6 is 12.4 Å². The number of nitrogens with one attached hydrogen (secondary N) is 1. The van der Waals surface area contributed by atoms with Gasteiger partial charge in [0.25, 0.3) is 0 Å². The van der Waals surface area contributed by atoms with Crippen molar-refractivity contribution < 1.29 is 0 Å². The number of halogens is 1. The topological polar surface area (TPSA) is 33.1 Å². The minimum absolute atomic E-state index is 0. The Morgan fingerprint density at radius 3 is 2.80 bits per heavy atom. The predicted molar refractivity (Wildman–Crippen MR) is 84.5 cm³/mol. The quantitative estimate of drug-likeness (QED) is 0.929. The van der Waals surface area contributed by atoms with Crippen LogP contribution in [0.25, 0.3) is 0 Å². The number of hydrogen-bond acceptors (Lipinski definition) is 3. The van der Waals surface area contributed by atoms with Gasteiger partial charge in [-0.2, -0.15) is 5.10 Å². The van der Waals surface area contributed by atoms with Crippen molar-refractivity contribution in [3.8, 4) is 0 Å². The molecule has 1 atom stereocenters. The van der Waals surface area contributed by atoms with Crippen molar-refractivity contribution in [2.75, 3.05) is 32.7 Å². The van der Waals surface area contributed by atoms with Crippen molar-refractivity contribution in [1.82, 2.24) is 20.0 Å². The van der Waals surface area contributed by atoms with Gasteiger partial charge in [0.05, 0.1) is 12.2 Å². The van der Waals surface area contributed by atoms with Gasteiger partial charge >= 0.3 is 0 Å². The van der Waals surface area contributed by atoms with Gasteiger partial charge in [0.2, 0.25) is 0 Å². The van der Waals surface area contributed by atoms with E-state index in [0.717, 1.165) is 5.92 Å². The average molecular weight is 299 g/mol. The van der Waals surface area contributed by atoms with E-state index in [9.17, 15) is 0 Å². The summed E-state index contributed by atoms with van der Waals surface area (Å²) in [5, 5.41) is 7.96. The second kappa shape index (κ2) is 7.43. The molecule has 3 rings (SSSR count). The fourth-order valence-corrected chi connectivity index (χ4v) is 3.48. The maximum absolute atomic E-state index is 4.50. The summed E-state index contributed by atoms with van der Waals surface area (Å²) in [5.41, 5.74) is 1.27. The molecule has 4 nitrogen and oxygen atoms in total. The Kier molecular flexibility index (Phi) is 5.87. The van der Waals surface area contributed by atoms with Gasteiger partial charge in [-0.1, -0.05) is 0 Å². The molecule has 0 saturated carbocycles. The number of rotatable bonds is 3.